The number of carbonyl (C=O) groups is 2. The number of halogens is 1. The van der Waals surface area contributed by atoms with Crippen LogP contribution in [0.4, 0.5) is 5.82 Å². The molecular weight excluding hydrogens is 718 g/mol. The zero-order valence-electron chi connectivity index (χ0n) is 29.2. The standard InChI is InChI=1S/C38H40ClN7O4S2/c1-22(2)31(34(47)23(3)42)33(43)38(48)50-17-16-49-28-12-8-24(9-13-28)32-29(18-40)35(46-14-4-5-15-46)45-37(30(32)19-41)52-21-27-20-51-36(44-27)25-6-10-26(39)11-7-25/h6-13,20,22-23,31,33H,4-5,14-17,21,42-43H2,1-3H3/t23-,31?,33-/m1/s1. The quantitative estimate of drug-likeness (QED) is 0.0755. The van der Waals surface area contributed by atoms with Crippen LogP contribution in [0.15, 0.2) is 58.9 Å². The van der Waals surface area contributed by atoms with E-state index in [2.05, 4.69) is 17.0 Å². The number of ketones is 1. The number of nitrogens with two attached hydrogens (primary N) is 2. The van der Waals surface area contributed by atoms with Crippen LogP contribution >= 0.6 is 34.7 Å². The zero-order chi connectivity index (χ0) is 37.4. The fourth-order valence-electron chi connectivity index (χ4n) is 6.04. The van der Waals surface area contributed by atoms with Gasteiger partial charge < -0.3 is 25.8 Å². The van der Waals surface area contributed by atoms with Crippen LogP contribution in [0.2, 0.25) is 5.02 Å². The number of rotatable bonds is 15. The van der Waals surface area contributed by atoms with Gasteiger partial charge in [-0.3, -0.25) is 9.59 Å². The first kappa shape index (κ1) is 38.7. The molecule has 1 aliphatic heterocycles. The predicted molar refractivity (Wildman–Crippen MR) is 204 cm³/mol. The Balaban J connectivity index is 1.32. The fraction of sp³-hybridized carbons (Fsp3) is 0.368. The molecular formula is C38H40ClN7O4S2. The first-order chi connectivity index (χ1) is 25.0. The average molecular weight is 758 g/mol. The Morgan fingerprint density at radius 3 is 2.23 bits per heavy atom. The van der Waals surface area contributed by atoms with Crippen molar-refractivity contribution in [2.75, 3.05) is 31.2 Å². The second-order valence-electron chi connectivity index (χ2n) is 12.7. The Labute approximate surface area is 316 Å². The number of aromatic nitrogens is 2. The summed E-state index contributed by atoms with van der Waals surface area (Å²) in [6, 6.07) is 17.4. The van der Waals surface area contributed by atoms with Gasteiger partial charge >= 0.3 is 5.97 Å². The summed E-state index contributed by atoms with van der Waals surface area (Å²) in [5, 5.41) is 24.9. The third kappa shape index (κ3) is 9.10. The van der Waals surface area contributed by atoms with Gasteiger partial charge in [0.2, 0.25) is 0 Å². The highest BCUT2D eigenvalue weighted by molar-refractivity contribution is 7.98. The van der Waals surface area contributed by atoms with E-state index in [4.69, 9.17) is 42.5 Å². The topological polar surface area (TPSA) is 181 Å². The molecule has 2 aromatic heterocycles. The van der Waals surface area contributed by atoms with Gasteiger partial charge in [0.1, 0.15) is 58.6 Å². The van der Waals surface area contributed by atoms with Gasteiger partial charge in [-0.05, 0) is 55.5 Å². The Morgan fingerprint density at radius 2 is 1.62 bits per heavy atom. The molecule has 0 saturated carbocycles. The lowest BCUT2D eigenvalue weighted by Crippen LogP contribution is -2.49. The molecule has 1 fully saturated rings. The molecule has 0 spiro atoms. The summed E-state index contributed by atoms with van der Waals surface area (Å²) in [6.07, 6.45) is 1.99. The van der Waals surface area contributed by atoms with Crippen LogP contribution in [0.5, 0.6) is 5.75 Å². The number of pyridine rings is 1. The van der Waals surface area contributed by atoms with E-state index in [0.29, 0.717) is 49.6 Å². The third-order valence-electron chi connectivity index (χ3n) is 8.67. The summed E-state index contributed by atoms with van der Waals surface area (Å²) in [4.78, 5) is 37.0. The molecule has 0 aliphatic carbocycles. The number of Topliss-reactive ketones (excluding diaryl/α,β-unsaturated/α-hetero) is 1. The summed E-state index contributed by atoms with van der Waals surface area (Å²) in [7, 11) is 0. The van der Waals surface area contributed by atoms with E-state index < -0.39 is 24.0 Å². The molecule has 270 valence electrons. The Kier molecular flexibility index (Phi) is 13.3. The van der Waals surface area contributed by atoms with Crippen LogP contribution in [-0.2, 0) is 20.1 Å². The lowest BCUT2D eigenvalue weighted by Gasteiger charge is -2.26. The molecule has 1 saturated heterocycles. The molecule has 2 aromatic carbocycles. The summed E-state index contributed by atoms with van der Waals surface area (Å²) in [6.45, 7) is 6.71. The van der Waals surface area contributed by atoms with E-state index in [0.717, 1.165) is 42.2 Å². The number of thiazole rings is 1. The third-order valence-corrected chi connectivity index (χ3v) is 10.9. The first-order valence-electron chi connectivity index (χ1n) is 16.9. The molecule has 1 aliphatic rings. The molecule has 4 N–H and O–H groups in total. The van der Waals surface area contributed by atoms with E-state index in [1.165, 1.54) is 23.1 Å². The molecule has 52 heavy (non-hydrogen) atoms. The van der Waals surface area contributed by atoms with Crippen molar-refractivity contribution in [3.8, 4) is 39.6 Å². The number of carbonyl (C=O) groups excluding carboxylic acids is 2. The van der Waals surface area contributed by atoms with Crippen LogP contribution in [0, 0.1) is 34.5 Å². The second-order valence-corrected chi connectivity index (χ2v) is 15.0. The summed E-state index contributed by atoms with van der Waals surface area (Å²) >= 11 is 9.01. The number of hydrogen-bond acceptors (Lipinski definition) is 13. The monoisotopic (exact) mass is 757 g/mol. The van der Waals surface area contributed by atoms with Gasteiger partial charge in [0.15, 0.2) is 5.78 Å². The minimum atomic E-state index is -1.14. The molecule has 0 amide bonds. The van der Waals surface area contributed by atoms with Crippen LogP contribution in [0.1, 0.15) is 50.4 Å². The lowest BCUT2D eigenvalue weighted by atomic mass is 9.83. The molecule has 14 heteroatoms. The van der Waals surface area contributed by atoms with Crippen molar-refractivity contribution in [3.63, 3.8) is 0 Å². The summed E-state index contributed by atoms with van der Waals surface area (Å²) < 4.78 is 11.1. The second kappa shape index (κ2) is 17.8. The maximum absolute atomic E-state index is 12.6. The minimum absolute atomic E-state index is 0.0454. The number of ether oxygens (including phenoxy) is 2. The molecule has 1 unspecified atom stereocenters. The number of nitriles is 2. The van der Waals surface area contributed by atoms with Crippen LogP contribution in [0.25, 0.3) is 21.7 Å². The van der Waals surface area contributed by atoms with Crippen molar-refractivity contribution in [3.05, 3.63) is 75.8 Å². The van der Waals surface area contributed by atoms with E-state index >= 15 is 0 Å². The number of thioether (sulfide) groups is 1. The maximum Gasteiger partial charge on any atom is 0.323 e. The highest BCUT2D eigenvalue weighted by Crippen LogP contribution is 2.40. The fourth-order valence-corrected chi connectivity index (χ4v) is 7.97. The highest BCUT2D eigenvalue weighted by atomic mass is 35.5. The van der Waals surface area contributed by atoms with E-state index in [1.807, 2.05) is 43.5 Å². The normalized spacial score (nSPS) is 14.4. The molecule has 0 radical (unpaired) electrons. The molecule has 5 rings (SSSR count). The maximum atomic E-state index is 12.6. The number of nitrogens with zero attached hydrogens (tertiary/aromatic N) is 5. The number of hydrogen-bond donors (Lipinski definition) is 2. The van der Waals surface area contributed by atoms with Crippen molar-refractivity contribution in [1.29, 1.82) is 10.5 Å². The molecule has 0 bridgehead atoms. The average Bonchev–Trinajstić information content (AvgIpc) is 3.85. The van der Waals surface area contributed by atoms with Crippen molar-refractivity contribution >= 4 is 52.3 Å². The van der Waals surface area contributed by atoms with Gasteiger partial charge in [-0.1, -0.05) is 61.5 Å². The minimum Gasteiger partial charge on any atom is -0.490 e. The molecule has 11 nitrogen and oxygen atoms in total. The van der Waals surface area contributed by atoms with Crippen molar-refractivity contribution in [1.82, 2.24) is 9.97 Å². The van der Waals surface area contributed by atoms with Gasteiger partial charge in [0.05, 0.1) is 17.3 Å². The largest absolute Gasteiger partial charge is 0.490 e. The van der Waals surface area contributed by atoms with Crippen molar-refractivity contribution < 1.29 is 19.1 Å². The van der Waals surface area contributed by atoms with E-state index in [9.17, 15) is 20.1 Å². The Morgan fingerprint density at radius 1 is 0.962 bits per heavy atom. The SMILES string of the molecule is CC(C)C(C(=O)[C@@H](C)N)[C@@H](N)C(=O)OCCOc1ccc(-c2c(C#N)c(SCc3csc(-c4ccc(Cl)cc4)n3)nc(N3CCCC3)c2C#N)cc1. The van der Waals surface area contributed by atoms with Crippen molar-refractivity contribution in [2.24, 2.45) is 23.3 Å². The van der Waals surface area contributed by atoms with Gasteiger partial charge in [-0.15, -0.1) is 11.3 Å². The Bertz CT molecular complexity index is 1970. The highest BCUT2D eigenvalue weighted by Gasteiger charge is 2.35. The molecule has 3 heterocycles. The molecule has 4 aromatic rings. The van der Waals surface area contributed by atoms with Crippen LogP contribution < -0.4 is 21.1 Å². The van der Waals surface area contributed by atoms with Crippen molar-refractivity contribution in [2.45, 2.75) is 56.5 Å². The number of anilines is 1. The van der Waals surface area contributed by atoms with E-state index in [1.54, 1.807) is 31.2 Å². The van der Waals surface area contributed by atoms with Gasteiger partial charge in [0.25, 0.3) is 0 Å². The van der Waals surface area contributed by atoms with Gasteiger partial charge in [0, 0.05) is 46.3 Å². The number of esters is 1. The van der Waals surface area contributed by atoms with Gasteiger partial charge in [-0.2, -0.15) is 10.5 Å². The molecule has 3 atom stereocenters. The number of benzene rings is 2. The zero-order valence-corrected chi connectivity index (χ0v) is 31.6. The first-order valence-corrected chi connectivity index (χ1v) is 19.2. The smallest absolute Gasteiger partial charge is 0.323 e. The lowest BCUT2D eigenvalue weighted by molar-refractivity contribution is -0.150. The Hall–Kier alpha value is -4.50. The van der Waals surface area contributed by atoms with Gasteiger partial charge in [-0.25, -0.2) is 9.97 Å². The summed E-state index contributed by atoms with van der Waals surface area (Å²) in [5.41, 5.74) is 15.5. The summed E-state index contributed by atoms with van der Waals surface area (Å²) in [5.74, 6) is -0.374. The van der Waals surface area contributed by atoms with E-state index in [-0.39, 0.29) is 24.9 Å². The van der Waals surface area contributed by atoms with Crippen LogP contribution in [-0.4, -0.2) is 60.1 Å². The van der Waals surface area contributed by atoms with Crippen LogP contribution in [0.3, 0.4) is 0 Å². The predicted octanol–water partition coefficient (Wildman–Crippen LogP) is 6.60.